The van der Waals surface area contributed by atoms with Crippen molar-refractivity contribution in [2.45, 2.75) is 19.9 Å². The fourth-order valence-corrected chi connectivity index (χ4v) is 1.94. The summed E-state index contributed by atoms with van der Waals surface area (Å²) < 4.78 is 6.07. The SMILES string of the molecule is COCCNC(=O)C(C)Nc1ccc(C)c(I)c1. The molecule has 0 aliphatic heterocycles. The van der Waals surface area contributed by atoms with Crippen LogP contribution >= 0.6 is 22.6 Å². The second-order valence-corrected chi connectivity index (χ2v) is 5.28. The van der Waals surface area contributed by atoms with Gasteiger partial charge in [-0.2, -0.15) is 0 Å². The molecule has 0 fully saturated rings. The molecule has 0 spiro atoms. The van der Waals surface area contributed by atoms with Crippen molar-refractivity contribution in [1.29, 1.82) is 0 Å². The van der Waals surface area contributed by atoms with Crippen LogP contribution in [0, 0.1) is 10.5 Å². The summed E-state index contributed by atoms with van der Waals surface area (Å²) >= 11 is 2.28. The summed E-state index contributed by atoms with van der Waals surface area (Å²) in [7, 11) is 1.61. The van der Waals surface area contributed by atoms with Gasteiger partial charge in [0.1, 0.15) is 6.04 Å². The molecule has 0 heterocycles. The summed E-state index contributed by atoms with van der Waals surface area (Å²) in [4.78, 5) is 11.7. The predicted molar refractivity (Wildman–Crippen MR) is 81.9 cm³/mol. The topological polar surface area (TPSA) is 50.4 Å². The minimum atomic E-state index is -0.264. The van der Waals surface area contributed by atoms with Crippen LogP contribution in [0.25, 0.3) is 0 Å². The lowest BCUT2D eigenvalue weighted by molar-refractivity contribution is -0.121. The van der Waals surface area contributed by atoms with Crippen molar-refractivity contribution >= 4 is 34.2 Å². The molecule has 0 bridgehead atoms. The molecule has 0 aliphatic carbocycles. The Morgan fingerprint density at radius 2 is 2.22 bits per heavy atom. The number of carbonyl (C=O) groups excluding carboxylic acids is 1. The molecule has 0 saturated carbocycles. The Kier molecular flexibility index (Phi) is 6.42. The van der Waals surface area contributed by atoms with Gasteiger partial charge in [-0.15, -0.1) is 0 Å². The predicted octanol–water partition coefficient (Wildman–Crippen LogP) is 2.16. The molecule has 0 aliphatic rings. The molecule has 2 N–H and O–H groups in total. The standard InChI is InChI=1S/C13H19IN2O2/c1-9-4-5-11(8-12(9)14)16-10(2)13(17)15-6-7-18-3/h4-5,8,10,16H,6-7H2,1-3H3,(H,15,17). The lowest BCUT2D eigenvalue weighted by Gasteiger charge is -2.15. The molecule has 100 valence electrons. The van der Waals surface area contributed by atoms with Gasteiger partial charge in [0, 0.05) is 22.9 Å². The number of methoxy groups -OCH3 is 1. The van der Waals surface area contributed by atoms with Crippen molar-refractivity contribution in [2.24, 2.45) is 0 Å². The molecule has 0 aromatic heterocycles. The van der Waals surface area contributed by atoms with Crippen LogP contribution in [0.2, 0.25) is 0 Å². The Morgan fingerprint density at radius 3 is 2.83 bits per heavy atom. The van der Waals surface area contributed by atoms with Crippen molar-refractivity contribution in [1.82, 2.24) is 5.32 Å². The summed E-state index contributed by atoms with van der Waals surface area (Å²) in [6.45, 7) is 4.97. The molecule has 0 saturated heterocycles. The Morgan fingerprint density at radius 1 is 1.50 bits per heavy atom. The first kappa shape index (κ1) is 15.2. The van der Waals surface area contributed by atoms with Gasteiger partial charge in [0.2, 0.25) is 5.91 Å². The molecule has 1 unspecified atom stereocenters. The van der Waals surface area contributed by atoms with E-state index in [2.05, 4.69) is 40.1 Å². The van der Waals surface area contributed by atoms with Crippen LogP contribution in [-0.4, -0.2) is 32.2 Å². The van der Waals surface area contributed by atoms with E-state index in [4.69, 9.17) is 4.74 Å². The lowest BCUT2D eigenvalue weighted by Crippen LogP contribution is -2.39. The second-order valence-electron chi connectivity index (χ2n) is 4.11. The van der Waals surface area contributed by atoms with E-state index < -0.39 is 0 Å². The maximum Gasteiger partial charge on any atom is 0.242 e. The number of nitrogens with one attached hydrogen (secondary N) is 2. The molecule has 1 amide bonds. The third kappa shape index (κ3) is 4.81. The molecular formula is C13H19IN2O2. The van der Waals surface area contributed by atoms with Crippen molar-refractivity contribution in [3.8, 4) is 0 Å². The number of rotatable bonds is 6. The highest BCUT2D eigenvalue weighted by Crippen LogP contribution is 2.17. The summed E-state index contributed by atoms with van der Waals surface area (Å²) in [6.07, 6.45) is 0. The second kappa shape index (κ2) is 7.58. The van der Waals surface area contributed by atoms with Gasteiger partial charge in [-0.3, -0.25) is 4.79 Å². The summed E-state index contributed by atoms with van der Waals surface area (Å²) in [5.74, 6) is -0.0253. The van der Waals surface area contributed by atoms with E-state index in [-0.39, 0.29) is 11.9 Å². The molecule has 5 heteroatoms. The van der Waals surface area contributed by atoms with Gasteiger partial charge in [-0.25, -0.2) is 0 Å². The summed E-state index contributed by atoms with van der Waals surface area (Å²) in [5.41, 5.74) is 2.19. The molecule has 1 atom stereocenters. The summed E-state index contributed by atoms with van der Waals surface area (Å²) in [6, 6.07) is 5.80. The minimum absolute atomic E-state index is 0.0253. The summed E-state index contributed by atoms with van der Waals surface area (Å²) in [5, 5.41) is 5.98. The van der Waals surface area contributed by atoms with E-state index in [0.29, 0.717) is 13.2 Å². The van der Waals surface area contributed by atoms with Crippen molar-refractivity contribution < 1.29 is 9.53 Å². The number of benzene rings is 1. The average Bonchev–Trinajstić information content (AvgIpc) is 2.34. The van der Waals surface area contributed by atoms with Gasteiger partial charge in [0.15, 0.2) is 0 Å². The van der Waals surface area contributed by atoms with Crippen LogP contribution in [-0.2, 0) is 9.53 Å². The minimum Gasteiger partial charge on any atom is -0.383 e. The Bertz CT molecular complexity index is 410. The highest BCUT2D eigenvalue weighted by atomic mass is 127. The first-order chi connectivity index (χ1) is 8.54. The van der Waals surface area contributed by atoms with Crippen LogP contribution < -0.4 is 10.6 Å². The van der Waals surface area contributed by atoms with Crippen LogP contribution in [0.5, 0.6) is 0 Å². The number of aryl methyl sites for hydroxylation is 1. The Labute approximate surface area is 122 Å². The normalized spacial score (nSPS) is 12.0. The zero-order chi connectivity index (χ0) is 13.5. The van der Waals surface area contributed by atoms with E-state index >= 15 is 0 Å². The lowest BCUT2D eigenvalue weighted by atomic mass is 10.2. The average molecular weight is 362 g/mol. The van der Waals surface area contributed by atoms with Crippen molar-refractivity contribution in [2.75, 3.05) is 25.6 Å². The smallest absolute Gasteiger partial charge is 0.242 e. The van der Waals surface area contributed by atoms with Gasteiger partial charge in [0.25, 0.3) is 0 Å². The van der Waals surface area contributed by atoms with E-state index in [1.54, 1.807) is 7.11 Å². The van der Waals surface area contributed by atoms with Crippen LogP contribution in [0.3, 0.4) is 0 Å². The maximum absolute atomic E-state index is 11.7. The largest absolute Gasteiger partial charge is 0.383 e. The van der Waals surface area contributed by atoms with Crippen molar-refractivity contribution in [3.63, 3.8) is 0 Å². The number of anilines is 1. The fraction of sp³-hybridized carbons (Fsp3) is 0.462. The number of halogens is 1. The molecule has 4 nitrogen and oxygen atoms in total. The first-order valence-corrected chi connectivity index (χ1v) is 6.92. The number of ether oxygens (including phenoxy) is 1. The molecule has 1 aromatic carbocycles. The number of carbonyl (C=O) groups is 1. The van der Waals surface area contributed by atoms with E-state index in [1.165, 1.54) is 9.13 Å². The fourth-order valence-electron chi connectivity index (χ4n) is 1.43. The zero-order valence-electron chi connectivity index (χ0n) is 10.9. The number of hydrogen-bond acceptors (Lipinski definition) is 3. The highest BCUT2D eigenvalue weighted by molar-refractivity contribution is 14.1. The van der Waals surface area contributed by atoms with Crippen molar-refractivity contribution in [3.05, 3.63) is 27.3 Å². The van der Waals surface area contributed by atoms with Gasteiger partial charge < -0.3 is 15.4 Å². The highest BCUT2D eigenvalue weighted by Gasteiger charge is 2.11. The Balaban J connectivity index is 2.50. The van der Waals surface area contributed by atoms with Gasteiger partial charge >= 0.3 is 0 Å². The van der Waals surface area contributed by atoms with E-state index in [1.807, 2.05) is 25.1 Å². The zero-order valence-corrected chi connectivity index (χ0v) is 13.1. The molecule has 1 aromatic rings. The van der Waals surface area contributed by atoms with Crippen LogP contribution in [0.1, 0.15) is 12.5 Å². The number of hydrogen-bond donors (Lipinski definition) is 2. The van der Waals surface area contributed by atoms with Gasteiger partial charge in [-0.05, 0) is 54.1 Å². The molecular weight excluding hydrogens is 343 g/mol. The number of amides is 1. The van der Waals surface area contributed by atoms with Gasteiger partial charge in [-0.1, -0.05) is 6.07 Å². The third-order valence-electron chi connectivity index (χ3n) is 2.55. The maximum atomic E-state index is 11.7. The molecule has 18 heavy (non-hydrogen) atoms. The monoisotopic (exact) mass is 362 g/mol. The van der Waals surface area contributed by atoms with E-state index in [0.717, 1.165) is 5.69 Å². The third-order valence-corrected chi connectivity index (χ3v) is 3.72. The van der Waals surface area contributed by atoms with Crippen LogP contribution in [0.15, 0.2) is 18.2 Å². The molecule has 0 radical (unpaired) electrons. The first-order valence-electron chi connectivity index (χ1n) is 5.84. The van der Waals surface area contributed by atoms with E-state index in [9.17, 15) is 4.79 Å². The Hall–Kier alpha value is -0.820. The van der Waals surface area contributed by atoms with Crippen LogP contribution in [0.4, 0.5) is 5.69 Å². The molecule has 1 rings (SSSR count). The quantitative estimate of drug-likeness (QED) is 0.603. The van der Waals surface area contributed by atoms with Gasteiger partial charge in [0.05, 0.1) is 6.61 Å².